The number of nitrogens with zero attached hydrogens (tertiary/aromatic N) is 1. The summed E-state index contributed by atoms with van der Waals surface area (Å²) in [4.78, 5) is 26.1. The van der Waals surface area contributed by atoms with Gasteiger partial charge >= 0.3 is 6.03 Å². The Morgan fingerprint density at radius 1 is 1.24 bits per heavy atom. The Hall–Kier alpha value is -2.08. The highest BCUT2D eigenvalue weighted by Gasteiger charge is 2.40. The van der Waals surface area contributed by atoms with E-state index in [1.54, 1.807) is 0 Å². The molecule has 2 rings (SSSR count). The monoisotopic (exact) mass is 348 g/mol. The molecule has 2 atom stereocenters. The molecule has 0 aromatic heterocycles. The number of amides is 3. The van der Waals surface area contributed by atoms with Crippen molar-refractivity contribution < 1.29 is 19.1 Å². The summed E-state index contributed by atoms with van der Waals surface area (Å²) < 4.78 is 11.1. The van der Waals surface area contributed by atoms with Gasteiger partial charge in [0.2, 0.25) is 0 Å². The fraction of sp³-hybridized carbons (Fsp3) is 0.579. The summed E-state index contributed by atoms with van der Waals surface area (Å²) in [5, 5.41) is 2.79. The van der Waals surface area contributed by atoms with Crippen LogP contribution in [0.25, 0.3) is 0 Å². The average molecular weight is 348 g/mol. The van der Waals surface area contributed by atoms with Gasteiger partial charge in [0.1, 0.15) is 18.4 Å². The number of urea groups is 1. The second-order valence-corrected chi connectivity index (χ2v) is 6.39. The number of benzene rings is 1. The summed E-state index contributed by atoms with van der Waals surface area (Å²) in [6.45, 7) is 9.68. The van der Waals surface area contributed by atoms with Gasteiger partial charge < -0.3 is 14.8 Å². The Bertz CT molecular complexity index is 617. The number of imide groups is 1. The van der Waals surface area contributed by atoms with Crippen LogP contribution in [0.1, 0.15) is 38.3 Å². The third kappa shape index (κ3) is 4.72. The SMILES string of the molecule is CCOCCOc1cc(C)ccc1CN1C(=O)N[C@H]([C@H](C)CC)C1=O. The van der Waals surface area contributed by atoms with Crippen molar-refractivity contribution >= 4 is 11.9 Å². The molecule has 0 bridgehead atoms. The predicted molar refractivity (Wildman–Crippen MR) is 95.5 cm³/mol. The van der Waals surface area contributed by atoms with Crippen LogP contribution in [0.3, 0.4) is 0 Å². The van der Waals surface area contributed by atoms with E-state index in [9.17, 15) is 9.59 Å². The second-order valence-electron chi connectivity index (χ2n) is 6.39. The molecule has 0 spiro atoms. The van der Waals surface area contributed by atoms with Crippen molar-refractivity contribution in [2.75, 3.05) is 19.8 Å². The molecule has 0 aliphatic carbocycles. The second kappa shape index (κ2) is 8.85. The molecule has 138 valence electrons. The largest absolute Gasteiger partial charge is 0.491 e. The van der Waals surface area contributed by atoms with E-state index in [-0.39, 0.29) is 24.4 Å². The molecule has 6 nitrogen and oxygen atoms in total. The molecule has 6 heteroatoms. The maximum Gasteiger partial charge on any atom is 0.325 e. The van der Waals surface area contributed by atoms with Crippen molar-refractivity contribution in [3.8, 4) is 5.75 Å². The van der Waals surface area contributed by atoms with Gasteiger partial charge in [-0.25, -0.2) is 4.79 Å². The van der Waals surface area contributed by atoms with Crippen LogP contribution < -0.4 is 10.1 Å². The lowest BCUT2D eigenvalue weighted by Gasteiger charge is -2.18. The van der Waals surface area contributed by atoms with Crippen molar-refractivity contribution in [3.63, 3.8) is 0 Å². The predicted octanol–water partition coefficient (Wildman–Crippen LogP) is 2.88. The van der Waals surface area contributed by atoms with Crippen molar-refractivity contribution in [1.29, 1.82) is 0 Å². The van der Waals surface area contributed by atoms with Crippen LogP contribution in [-0.2, 0) is 16.1 Å². The molecule has 0 saturated carbocycles. The number of hydrogen-bond donors (Lipinski definition) is 1. The molecule has 1 heterocycles. The minimum Gasteiger partial charge on any atom is -0.491 e. The number of rotatable bonds is 9. The third-order valence-electron chi connectivity index (χ3n) is 4.51. The van der Waals surface area contributed by atoms with Crippen LogP contribution in [0.15, 0.2) is 18.2 Å². The first kappa shape index (κ1) is 19.2. The van der Waals surface area contributed by atoms with E-state index in [4.69, 9.17) is 9.47 Å². The van der Waals surface area contributed by atoms with Crippen molar-refractivity contribution in [1.82, 2.24) is 10.2 Å². The Kier molecular flexibility index (Phi) is 6.82. The molecule has 1 aliphatic rings. The van der Waals surface area contributed by atoms with Gasteiger partial charge in [0.25, 0.3) is 5.91 Å². The maximum atomic E-state index is 12.6. The van der Waals surface area contributed by atoms with Gasteiger partial charge in [-0.05, 0) is 31.4 Å². The third-order valence-corrected chi connectivity index (χ3v) is 4.51. The summed E-state index contributed by atoms with van der Waals surface area (Å²) in [6.07, 6.45) is 0.834. The number of nitrogens with one attached hydrogen (secondary N) is 1. The Morgan fingerprint density at radius 3 is 2.68 bits per heavy atom. The van der Waals surface area contributed by atoms with Gasteiger partial charge in [0.15, 0.2) is 0 Å². The van der Waals surface area contributed by atoms with Crippen LogP contribution in [0.2, 0.25) is 0 Å². The quantitative estimate of drug-likeness (QED) is 0.550. The van der Waals surface area contributed by atoms with Gasteiger partial charge in [-0.2, -0.15) is 0 Å². The van der Waals surface area contributed by atoms with Crippen LogP contribution in [0, 0.1) is 12.8 Å². The number of hydrogen-bond acceptors (Lipinski definition) is 4. The first-order valence-corrected chi connectivity index (χ1v) is 8.89. The molecule has 0 radical (unpaired) electrons. The molecule has 25 heavy (non-hydrogen) atoms. The van der Waals surface area contributed by atoms with Crippen molar-refractivity contribution in [3.05, 3.63) is 29.3 Å². The summed E-state index contributed by atoms with van der Waals surface area (Å²) >= 11 is 0. The lowest BCUT2D eigenvalue weighted by Crippen LogP contribution is -2.35. The van der Waals surface area contributed by atoms with Crippen molar-refractivity contribution in [2.45, 2.75) is 46.7 Å². The zero-order valence-electron chi connectivity index (χ0n) is 15.5. The van der Waals surface area contributed by atoms with E-state index in [1.807, 2.05) is 45.9 Å². The van der Waals surface area contributed by atoms with Crippen LogP contribution in [0.5, 0.6) is 5.75 Å². The zero-order valence-corrected chi connectivity index (χ0v) is 15.5. The average Bonchev–Trinajstić information content (AvgIpc) is 2.88. The normalized spacial score (nSPS) is 18.4. The number of carbonyl (C=O) groups excluding carboxylic acids is 2. The minimum atomic E-state index is -0.440. The van der Waals surface area contributed by atoms with Crippen LogP contribution in [-0.4, -0.2) is 42.7 Å². The van der Waals surface area contributed by atoms with Gasteiger partial charge in [0, 0.05) is 12.2 Å². The van der Waals surface area contributed by atoms with E-state index in [1.165, 1.54) is 4.90 Å². The van der Waals surface area contributed by atoms with Crippen LogP contribution in [0.4, 0.5) is 4.79 Å². The molecule has 1 aromatic carbocycles. The maximum absolute atomic E-state index is 12.6. The highest BCUT2D eigenvalue weighted by atomic mass is 16.5. The first-order valence-electron chi connectivity index (χ1n) is 8.89. The molecule has 1 aliphatic heterocycles. The number of ether oxygens (including phenoxy) is 2. The van der Waals surface area contributed by atoms with Gasteiger partial charge in [-0.15, -0.1) is 0 Å². The minimum absolute atomic E-state index is 0.112. The molecule has 1 fully saturated rings. The number of carbonyl (C=O) groups is 2. The Morgan fingerprint density at radius 2 is 2.00 bits per heavy atom. The summed E-state index contributed by atoms with van der Waals surface area (Å²) in [7, 11) is 0. The molecule has 1 saturated heterocycles. The van der Waals surface area contributed by atoms with Crippen LogP contribution >= 0.6 is 0 Å². The highest BCUT2D eigenvalue weighted by Crippen LogP contribution is 2.25. The standard InChI is InChI=1S/C19H28N2O4/c1-5-14(4)17-18(22)21(19(23)20-17)12-15-8-7-13(3)11-16(15)25-10-9-24-6-2/h7-8,11,14,17H,5-6,9-10,12H2,1-4H3,(H,20,23)/t14-,17-/m1/s1. The first-order chi connectivity index (χ1) is 12.0. The fourth-order valence-electron chi connectivity index (χ4n) is 2.76. The zero-order chi connectivity index (χ0) is 18.4. The smallest absolute Gasteiger partial charge is 0.325 e. The molecule has 3 amide bonds. The fourth-order valence-corrected chi connectivity index (χ4v) is 2.76. The Labute approximate surface area is 149 Å². The molecular weight excluding hydrogens is 320 g/mol. The molecule has 1 aromatic rings. The van der Waals surface area contributed by atoms with E-state index in [0.717, 1.165) is 17.5 Å². The molecule has 1 N–H and O–H groups in total. The van der Waals surface area contributed by atoms with Gasteiger partial charge in [0.05, 0.1) is 13.2 Å². The van der Waals surface area contributed by atoms with Gasteiger partial charge in [-0.1, -0.05) is 32.4 Å². The Balaban J connectivity index is 2.11. The lowest BCUT2D eigenvalue weighted by atomic mass is 9.99. The van der Waals surface area contributed by atoms with E-state index in [2.05, 4.69) is 5.32 Å². The highest BCUT2D eigenvalue weighted by molar-refractivity contribution is 6.04. The van der Waals surface area contributed by atoms with E-state index in [0.29, 0.717) is 25.6 Å². The number of aryl methyl sites for hydroxylation is 1. The van der Waals surface area contributed by atoms with Crippen molar-refractivity contribution in [2.24, 2.45) is 5.92 Å². The summed E-state index contributed by atoms with van der Waals surface area (Å²) in [6, 6.07) is 5.00. The lowest BCUT2D eigenvalue weighted by molar-refractivity contribution is -0.128. The molecular formula is C19H28N2O4. The van der Waals surface area contributed by atoms with Gasteiger partial charge in [-0.3, -0.25) is 9.69 Å². The molecule has 0 unspecified atom stereocenters. The van der Waals surface area contributed by atoms with E-state index < -0.39 is 6.04 Å². The summed E-state index contributed by atoms with van der Waals surface area (Å²) in [5.74, 6) is 0.633. The van der Waals surface area contributed by atoms with E-state index >= 15 is 0 Å². The summed E-state index contributed by atoms with van der Waals surface area (Å²) in [5.41, 5.74) is 1.88. The topological polar surface area (TPSA) is 67.9 Å².